The Hall–Kier alpha value is -3.39. The second-order valence-electron chi connectivity index (χ2n) is 6.98. The smallest absolute Gasteiger partial charge is 0.111 e. The molecule has 0 aliphatic heterocycles. The molecule has 1 heterocycles. The topological polar surface area (TPSA) is 17.8 Å². The van der Waals surface area contributed by atoms with Crippen molar-refractivity contribution in [2.75, 3.05) is 0 Å². The molecule has 5 aromatic rings. The van der Waals surface area contributed by atoms with Crippen LogP contribution in [0.5, 0.6) is 0 Å². The lowest BCUT2D eigenvalue weighted by Gasteiger charge is -2.17. The van der Waals surface area contributed by atoms with Crippen LogP contribution in [0.3, 0.4) is 0 Å². The molecule has 130 valence electrons. The van der Waals surface area contributed by atoms with Crippen molar-refractivity contribution in [2.45, 2.75) is 13.8 Å². The van der Waals surface area contributed by atoms with E-state index in [0.29, 0.717) is 0 Å². The Bertz CT molecular complexity index is 1290. The van der Waals surface area contributed by atoms with Gasteiger partial charge in [-0.1, -0.05) is 66.7 Å². The minimum atomic E-state index is 1.00. The molecule has 0 saturated heterocycles. The number of hydrogen-bond acceptors (Lipinski definition) is 1. The van der Waals surface area contributed by atoms with Gasteiger partial charge in [0.1, 0.15) is 5.82 Å². The summed E-state index contributed by atoms with van der Waals surface area (Å²) >= 11 is 0. The van der Waals surface area contributed by atoms with Gasteiger partial charge in [0.25, 0.3) is 0 Å². The van der Waals surface area contributed by atoms with E-state index in [-0.39, 0.29) is 0 Å². The van der Waals surface area contributed by atoms with E-state index < -0.39 is 0 Å². The molecule has 2 nitrogen and oxygen atoms in total. The van der Waals surface area contributed by atoms with E-state index in [1.807, 2.05) is 6.07 Å². The molecule has 5 rings (SSSR count). The quantitative estimate of drug-likeness (QED) is 0.358. The second-order valence-corrected chi connectivity index (χ2v) is 6.98. The lowest BCUT2D eigenvalue weighted by Crippen LogP contribution is -2.00. The first-order valence-electron chi connectivity index (χ1n) is 9.26. The SMILES string of the molecule is Cc1ccc2ccccc2c1-c1ccccc1-n1c(C)nc2ccccc21. The van der Waals surface area contributed by atoms with Crippen LogP contribution >= 0.6 is 0 Å². The highest BCUT2D eigenvalue weighted by atomic mass is 15.1. The number of benzene rings is 4. The van der Waals surface area contributed by atoms with Crippen molar-refractivity contribution >= 4 is 21.8 Å². The molecule has 0 N–H and O–H groups in total. The fourth-order valence-electron chi connectivity index (χ4n) is 4.07. The van der Waals surface area contributed by atoms with Crippen molar-refractivity contribution in [3.8, 4) is 16.8 Å². The van der Waals surface area contributed by atoms with Gasteiger partial charge < -0.3 is 0 Å². The Labute approximate surface area is 158 Å². The number of nitrogens with zero attached hydrogens (tertiary/aromatic N) is 2. The van der Waals surface area contributed by atoms with Crippen molar-refractivity contribution in [1.82, 2.24) is 9.55 Å². The minimum absolute atomic E-state index is 1.00. The van der Waals surface area contributed by atoms with Crippen molar-refractivity contribution in [1.29, 1.82) is 0 Å². The standard InChI is InChI=1S/C25H20N2/c1-17-15-16-19-9-3-4-10-20(19)25(17)21-11-5-7-13-23(21)27-18(2)26-22-12-6-8-14-24(22)27/h3-16H,1-2H3. The van der Waals surface area contributed by atoms with Gasteiger partial charge in [-0.2, -0.15) is 0 Å². The fourth-order valence-corrected chi connectivity index (χ4v) is 4.07. The molecule has 0 saturated carbocycles. The van der Waals surface area contributed by atoms with Crippen molar-refractivity contribution in [3.05, 3.63) is 96.3 Å². The first kappa shape index (κ1) is 15.8. The molecule has 0 aliphatic carbocycles. The van der Waals surface area contributed by atoms with Crippen molar-refractivity contribution in [3.63, 3.8) is 0 Å². The molecule has 0 bridgehead atoms. The molecule has 0 amide bonds. The molecule has 0 atom stereocenters. The van der Waals surface area contributed by atoms with Crippen LogP contribution in [0.4, 0.5) is 0 Å². The maximum Gasteiger partial charge on any atom is 0.111 e. The number of aryl methyl sites for hydroxylation is 2. The summed E-state index contributed by atoms with van der Waals surface area (Å²) in [6, 6.07) is 30.0. The fraction of sp³-hybridized carbons (Fsp3) is 0.0800. The van der Waals surface area contributed by atoms with Crippen LogP contribution in [-0.4, -0.2) is 9.55 Å². The lowest BCUT2D eigenvalue weighted by molar-refractivity contribution is 1.00. The molecule has 1 aromatic heterocycles. The predicted molar refractivity (Wildman–Crippen MR) is 113 cm³/mol. The molecule has 0 spiro atoms. The third-order valence-corrected chi connectivity index (χ3v) is 5.28. The average molecular weight is 348 g/mol. The Morgan fingerprint density at radius 3 is 2.37 bits per heavy atom. The van der Waals surface area contributed by atoms with Crippen LogP contribution in [0.15, 0.2) is 84.9 Å². The minimum Gasteiger partial charge on any atom is -0.296 e. The Balaban J connectivity index is 1.88. The van der Waals surface area contributed by atoms with E-state index in [0.717, 1.165) is 16.9 Å². The van der Waals surface area contributed by atoms with Crippen molar-refractivity contribution < 1.29 is 0 Å². The van der Waals surface area contributed by atoms with Gasteiger partial charge in [-0.25, -0.2) is 4.98 Å². The van der Waals surface area contributed by atoms with E-state index in [4.69, 9.17) is 4.98 Å². The van der Waals surface area contributed by atoms with E-state index in [2.05, 4.69) is 97.3 Å². The summed E-state index contributed by atoms with van der Waals surface area (Å²) in [6.07, 6.45) is 0. The highest BCUT2D eigenvalue weighted by molar-refractivity contribution is 6.00. The van der Waals surface area contributed by atoms with Crippen LogP contribution < -0.4 is 0 Å². The zero-order valence-electron chi connectivity index (χ0n) is 15.5. The molecule has 27 heavy (non-hydrogen) atoms. The largest absolute Gasteiger partial charge is 0.296 e. The predicted octanol–water partition coefficient (Wildman–Crippen LogP) is 6.46. The van der Waals surface area contributed by atoms with Crippen LogP contribution in [0.2, 0.25) is 0 Å². The second kappa shape index (κ2) is 6.10. The first-order valence-corrected chi connectivity index (χ1v) is 9.26. The monoisotopic (exact) mass is 348 g/mol. The summed E-state index contributed by atoms with van der Waals surface area (Å²) in [5, 5.41) is 2.55. The first-order chi connectivity index (χ1) is 13.2. The summed E-state index contributed by atoms with van der Waals surface area (Å²) in [5.41, 5.74) is 7.14. The number of imidazole rings is 1. The van der Waals surface area contributed by atoms with Gasteiger partial charge in [-0.15, -0.1) is 0 Å². The summed E-state index contributed by atoms with van der Waals surface area (Å²) in [5.74, 6) is 1.00. The molecule has 2 heteroatoms. The van der Waals surface area contributed by atoms with Gasteiger partial charge in [-0.3, -0.25) is 4.57 Å². The zero-order chi connectivity index (χ0) is 18.4. The third-order valence-electron chi connectivity index (χ3n) is 5.28. The molecule has 0 radical (unpaired) electrons. The van der Waals surface area contributed by atoms with Gasteiger partial charge in [0.15, 0.2) is 0 Å². The Morgan fingerprint density at radius 2 is 1.44 bits per heavy atom. The number of para-hydroxylation sites is 3. The maximum absolute atomic E-state index is 4.77. The van der Waals surface area contributed by atoms with Gasteiger partial charge in [-0.05, 0) is 53.9 Å². The summed E-state index contributed by atoms with van der Waals surface area (Å²) in [4.78, 5) is 4.77. The normalized spacial score (nSPS) is 11.3. The number of fused-ring (bicyclic) bond motifs is 2. The number of aromatic nitrogens is 2. The highest BCUT2D eigenvalue weighted by Gasteiger charge is 2.16. The molecular formula is C25H20N2. The highest BCUT2D eigenvalue weighted by Crippen LogP contribution is 2.37. The Kier molecular flexibility index (Phi) is 3.58. The van der Waals surface area contributed by atoms with Gasteiger partial charge >= 0.3 is 0 Å². The van der Waals surface area contributed by atoms with Gasteiger partial charge in [0, 0.05) is 5.56 Å². The molecular weight excluding hydrogens is 328 g/mol. The van der Waals surface area contributed by atoms with Crippen LogP contribution in [0.1, 0.15) is 11.4 Å². The van der Waals surface area contributed by atoms with Crippen LogP contribution in [0.25, 0.3) is 38.6 Å². The van der Waals surface area contributed by atoms with Gasteiger partial charge in [0.05, 0.1) is 16.7 Å². The number of hydrogen-bond donors (Lipinski definition) is 0. The summed E-state index contributed by atoms with van der Waals surface area (Å²) in [6.45, 7) is 4.27. The van der Waals surface area contributed by atoms with Crippen molar-refractivity contribution in [2.24, 2.45) is 0 Å². The maximum atomic E-state index is 4.77. The lowest BCUT2D eigenvalue weighted by atomic mass is 9.93. The van der Waals surface area contributed by atoms with E-state index >= 15 is 0 Å². The number of rotatable bonds is 2. The van der Waals surface area contributed by atoms with Gasteiger partial charge in [0.2, 0.25) is 0 Å². The molecule has 0 aliphatic rings. The summed E-state index contributed by atoms with van der Waals surface area (Å²) < 4.78 is 2.27. The van der Waals surface area contributed by atoms with E-state index in [1.54, 1.807) is 0 Å². The Morgan fingerprint density at radius 1 is 0.704 bits per heavy atom. The average Bonchev–Trinajstić information content (AvgIpc) is 3.03. The third kappa shape index (κ3) is 2.45. The molecule has 0 unspecified atom stereocenters. The van der Waals surface area contributed by atoms with E-state index in [1.165, 1.54) is 33.2 Å². The van der Waals surface area contributed by atoms with Crippen LogP contribution in [0, 0.1) is 13.8 Å². The summed E-state index contributed by atoms with van der Waals surface area (Å²) in [7, 11) is 0. The molecule has 4 aromatic carbocycles. The molecule has 0 fully saturated rings. The van der Waals surface area contributed by atoms with E-state index in [9.17, 15) is 0 Å². The zero-order valence-corrected chi connectivity index (χ0v) is 15.5. The van der Waals surface area contributed by atoms with Crippen LogP contribution in [-0.2, 0) is 0 Å².